The van der Waals surface area contributed by atoms with Crippen LogP contribution in [-0.4, -0.2) is 48.5 Å². The first kappa shape index (κ1) is 21.4. The maximum Gasteiger partial charge on any atom is 0.256 e. The molecule has 0 bridgehead atoms. The van der Waals surface area contributed by atoms with Crippen molar-refractivity contribution in [3.8, 4) is 0 Å². The van der Waals surface area contributed by atoms with Crippen molar-refractivity contribution in [1.82, 2.24) is 29.5 Å². The molecule has 2 fully saturated rings. The first-order chi connectivity index (χ1) is 15.6. The predicted octanol–water partition coefficient (Wildman–Crippen LogP) is 2.70. The Hall–Kier alpha value is -2.48. The Morgan fingerprint density at radius 1 is 1.16 bits per heavy atom. The van der Waals surface area contributed by atoms with Crippen molar-refractivity contribution in [3.05, 3.63) is 45.4 Å². The third-order valence-electron chi connectivity index (χ3n) is 7.45. The molecule has 0 aromatic carbocycles. The topological polar surface area (TPSA) is 87.1 Å². The van der Waals surface area contributed by atoms with Gasteiger partial charge in [-0.1, -0.05) is 19.3 Å². The van der Waals surface area contributed by atoms with Gasteiger partial charge in [-0.3, -0.25) is 19.2 Å². The van der Waals surface area contributed by atoms with Crippen LogP contribution in [0.15, 0.2) is 17.2 Å². The smallest absolute Gasteiger partial charge is 0.256 e. The highest BCUT2D eigenvalue weighted by Crippen LogP contribution is 2.32. The Morgan fingerprint density at radius 3 is 2.78 bits per heavy atom. The maximum atomic E-state index is 13.0. The van der Waals surface area contributed by atoms with Gasteiger partial charge in [-0.2, -0.15) is 5.10 Å². The Labute approximate surface area is 189 Å². The Bertz CT molecular complexity index is 1020. The average molecular weight is 439 g/mol. The lowest BCUT2D eigenvalue weighted by atomic mass is 9.86. The molecular formula is C24H34N6O2. The summed E-state index contributed by atoms with van der Waals surface area (Å²) in [6, 6.07) is 0.124. The molecule has 0 spiro atoms. The minimum atomic E-state index is -0.0756. The minimum absolute atomic E-state index is 0.0756. The van der Waals surface area contributed by atoms with E-state index in [1.165, 1.54) is 37.7 Å². The van der Waals surface area contributed by atoms with Gasteiger partial charge in [-0.05, 0) is 38.1 Å². The third-order valence-corrected chi connectivity index (χ3v) is 7.45. The quantitative estimate of drug-likeness (QED) is 0.776. The van der Waals surface area contributed by atoms with Crippen LogP contribution in [0.3, 0.4) is 0 Å². The van der Waals surface area contributed by atoms with E-state index in [1.807, 2.05) is 29.0 Å². The van der Waals surface area contributed by atoms with Crippen LogP contribution in [-0.2, 0) is 31.4 Å². The van der Waals surface area contributed by atoms with Crippen molar-refractivity contribution in [2.75, 3.05) is 13.1 Å². The maximum absolute atomic E-state index is 13.0. The molecule has 5 rings (SSSR count). The normalized spacial score (nSPS) is 22.3. The lowest BCUT2D eigenvalue weighted by molar-refractivity contribution is -0.133. The van der Waals surface area contributed by atoms with Crippen LogP contribution >= 0.6 is 0 Å². The number of aromatic amines is 1. The summed E-state index contributed by atoms with van der Waals surface area (Å²) in [5.41, 5.74) is 2.65. The van der Waals surface area contributed by atoms with Crippen LogP contribution in [0.5, 0.6) is 0 Å². The van der Waals surface area contributed by atoms with Crippen molar-refractivity contribution < 1.29 is 4.79 Å². The average Bonchev–Trinajstić information content (AvgIpc) is 3.43. The fourth-order valence-corrected chi connectivity index (χ4v) is 5.70. The summed E-state index contributed by atoms with van der Waals surface area (Å²) >= 11 is 0. The molecule has 8 nitrogen and oxygen atoms in total. The molecule has 172 valence electrons. The summed E-state index contributed by atoms with van der Waals surface area (Å²) in [4.78, 5) is 38.1. The summed E-state index contributed by atoms with van der Waals surface area (Å²) < 4.78 is 1.82. The number of hydrogen-bond acceptors (Lipinski definition) is 5. The van der Waals surface area contributed by atoms with E-state index >= 15 is 0 Å². The number of rotatable bonds is 5. The lowest BCUT2D eigenvalue weighted by Gasteiger charge is -2.31. The zero-order valence-electron chi connectivity index (χ0n) is 19.1. The van der Waals surface area contributed by atoms with Gasteiger partial charge in [0.2, 0.25) is 5.91 Å². The monoisotopic (exact) mass is 438 g/mol. The molecule has 1 saturated carbocycles. The van der Waals surface area contributed by atoms with E-state index in [1.54, 1.807) is 0 Å². The molecule has 1 amide bonds. The molecule has 4 heterocycles. The van der Waals surface area contributed by atoms with Crippen molar-refractivity contribution >= 4 is 5.91 Å². The highest BCUT2D eigenvalue weighted by atomic mass is 16.2. The van der Waals surface area contributed by atoms with Gasteiger partial charge >= 0.3 is 0 Å². The van der Waals surface area contributed by atoms with E-state index in [9.17, 15) is 9.59 Å². The third kappa shape index (κ3) is 4.51. The van der Waals surface area contributed by atoms with E-state index in [2.05, 4.69) is 15.0 Å². The summed E-state index contributed by atoms with van der Waals surface area (Å²) in [6.45, 7) is 2.86. The summed E-state index contributed by atoms with van der Waals surface area (Å²) in [5.74, 6) is 1.49. The van der Waals surface area contributed by atoms with E-state index in [-0.39, 0.29) is 17.5 Å². The first-order valence-corrected chi connectivity index (χ1v) is 12.2. The fraction of sp³-hybridized carbons (Fsp3) is 0.667. The minimum Gasteiger partial charge on any atom is -0.338 e. The van der Waals surface area contributed by atoms with Crippen LogP contribution in [0.1, 0.15) is 80.1 Å². The molecule has 32 heavy (non-hydrogen) atoms. The van der Waals surface area contributed by atoms with Gasteiger partial charge < -0.3 is 9.88 Å². The summed E-state index contributed by atoms with van der Waals surface area (Å²) in [6.07, 6.45) is 13.4. The van der Waals surface area contributed by atoms with Crippen LogP contribution < -0.4 is 5.56 Å². The molecule has 2 aromatic rings. The molecule has 1 saturated heterocycles. The van der Waals surface area contributed by atoms with Gasteiger partial charge in [0.15, 0.2) is 0 Å². The van der Waals surface area contributed by atoms with Crippen LogP contribution in [0.4, 0.5) is 0 Å². The lowest BCUT2D eigenvalue weighted by Crippen LogP contribution is -2.41. The standard InChI is InChI=1S/C24H34N6O2/c1-28-14-18(13-25-28)15-29-10-5-8-21(29)23-26-20-9-11-30(16-19(20)24(32)27-23)22(31)12-17-6-3-2-4-7-17/h13-14,17,21H,2-12,15-16H2,1H3,(H,26,27,32)/t21-/m0/s1. The highest BCUT2D eigenvalue weighted by molar-refractivity contribution is 5.76. The van der Waals surface area contributed by atoms with Gasteiger partial charge in [0, 0.05) is 44.7 Å². The molecule has 3 aliphatic rings. The van der Waals surface area contributed by atoms with Crippen molar-refractivity contribution in [1.29, 1.82) is 0 Å². The number of amides is 1. The van der Waals surface area contributed by atoms with E-state index in [0.29, 0.717) is 37.4 Å². The summed E-state index contributed by atoms with van der Waals surface area (Å²) in [5, 5.41) is 4.27. The molecular weight excluding hydrogens is 404 g/mol. The Kier molecular flexibility index (Phi) is 6.13. The van der Waals surface area contributed by atoms with Gasteiger partial charge in [-0.15, -0.1) is 0 Å². The second-order valence-electron chi connectivity index (χ2n) is 9.80. The van der Waals surface area contributed by atoms with Gasteiger partial charge in [0.25, 0.3) is 5.56 Å². The largest absolute Gasteiger partial charge is 0.338 e. The molecule has 2 aliphatic heterocycles. The number of nitrogens with zero attached hydrogens (tertiary/aromatic N) is 5. The zero-order valence-corrected chi connectivity index (χ0v) is 19.1. The number of hydrogen-bond donors (Lipinski definition) is 1. The molecule has 1 atom stereocenters. The molecule has 8 heteroatoms. The Morgan fingerprint density at radius 2 is 2.00 bits per heavy atom. The van der Waals surface area contributed by atoms with E-state index in [4.69, 9.17) is 4.98 Å². The molecule has 1 N–H and O–H groups in total. The van der Waals surface area contributed by atoms with Gasteiger partial charge in [0.05, 0.1) is 30.0 Å². The van der Waals surface area contributed by atoms with Crippen molar-refractivity contribution in [2.24, 2.45) is 13.0 Å². The molecule has 0 radical (unpaired) electrons. The SMILES string of the molecule is Cn1cc(CN2CCC[C@H]2c2nc3c(c(=O)[nH]2)CN(C(=O)CC2CCCCC2)CC3)cn1. The molecule has 1 aliphatic carbocycles. The number of aryl methyl sites for hydroxylation is 1. The number of H-pyrrole nitrogens is 1. The predicted molar refractivity (Wildman–Crippen MR) is 121 cm³/mol. The first-order valence-electron chi connectivity index (χ1n) is 12.2. The highest BCUT2D eigenvalue weighted by Gasteiger charge is 2.31. The summed E-state index contributed by atoms with van der Waals surface area (Å²) in [7, 11) is 1.93. The van der Waals surface area contributed by atoms with Crippen LogP contribution in [0.25, 0.3) is 0 Å². The number of aromatic nitrogens is 4. The zero-order chi connectivity index (χ0) is 22.1. The van der Waals surface area contributed by atoms with Crippen LogP contribution in [0.2, 0.25) is 0 Å². The van der Waals surface area contributed by atoms with Crippen molar-refractivity contribution in [2.45, 2.75) is 76.9 Å². The molecule has 2 aromatic heterocycles. The number of nitrogens with one attached hydrogen (secondary N) is 1. The van der Waals surface area contributed by atoms with Crippen LogP contribution in [0, 0.1) is 5.92 Å². The number of likely N-dealkylation sites (tertiary alicyclic amines) is 1. The number of carbonyl (C=O) groups excluding carboxylic acids is 1. The second kappa shape index (κ2) is 9.17. The number of carbonyl (C=O) groups is 1. The van der Waals surface area contributed by atoms with E-state index < -0.39 is 0 Å². The molecule has 0 unspecified atom stereocenters. The van der Waals surface area contributed by atoms with Gasteiger partial charge in [0.1, 0.15) is 5.82 Å². The van der Waals surface area contributed by atoms with Crippen molar-refractivity contribution in [3.63, 3.8) is 0 Å². The fourth-order valence-electron chi connectivity index (χ4n) is 5.70. The van der Waals surface area contributed by atoms with Gasteiger partial charge in [-0.25, -0.2) is 4.98 Å². The Balaban J connectivity index is 1.28. The second-order valence-corrected chi connectivity index (χ2v) is 9.80. The van der Waals surface area contributed by atoms with E-state index in [0.717, 1.165) is 37.4 Å². The number of fused-ring (bicyclic) bond motifs is 1.